The van der Waals surface area contributed by atoms with Crippen molar-refractivity contribution in [3.63, 3.8) is 0 Å². The van der Waals surface area contributed by atoms with Gasteiger partial charge in [0.1, 0.15) is 0 Å². The van der Waals surface area contributed by atoms with Gasteiger partial charge in [-0.2, -0.15) is 0 Å². The second kappa shape index (κ2) is 8.33. The van der Waals surface area contributed by atoms with Crippen LogP contribution < -0.4 is 5.32 Å². The number of carbonyl (C=O) groups excluding carboxylic acids is 1. The van der Waals surface area contributed by atoms with Gasteiger partial charge in [-0.1, -0.05) is 23.8 Å². The minimum atomic E-state index is -0.478. The fourth-order valence-corrected chi connectivity index (χ4v) is 2.83. The number of thioether (sulfide) groups is 1. The summed E-state index contributed by atoms with van der Waals surface area (Å²) in [5.41, 5.74) is 1.65. The zero-order chi connectivity index (χ0) is 16.7. The van der Waals surface area contributed by atoms with Crippen molar-refractivity contribution in [2.24, 2.45) is 0 Å². The Kier molecular flexibility index (Phi) is 6.17. The third-order valence-electron chi connectivity index (χ3n) is 3.18. The molecule has 0 saturated carbocycles. The van der Waals surface area contributed by atoms with Gasteiger partial charge in [-0.3, -0.25) is 14.9 Å². The minimum Gasteiger partial charge on any atom is -0.326 e. The first kappa shape index (κ1) is 17.0. The van der Waals surface area contributed by atoms with Crippen LogP contribution in [0.25, 0.3) is 0 Å². The van der Waals surface area contributed by atoms with E-state index < -0.39 is 4.92 Å². The van der Waals surface area contributed by atoms with Gasteiger partial charge in [0.2, 0.25) is 5.91 Å². The zero-order valence-corrected chi connectivity index (χ0v) is 13.6. The molecule has 0 aliphatic rings. The van der Waals surface area contributed by atoms with Crippen LogP contribution in [0.5, 0.6) is 0 Å². The van der Waals surface area contributed by atoms with Gasteiger partial charge >= 0.3 is 0 Å². The standard InChI is InChI=1S/C17H18N2O3S/c1-13-7-9-16(10-8-13)23-11-3-6-17(20)18-14-4-2-5-15(12-14)19(21)22/h2,4-5,7-10,12H,3,6,11H2,1H3,(H,18,20). The lowest BCUT2D eigenvalue weighted by molar-refractivity contribution is -0.384. The van der Waals surface area contributed by atoms with Crippen LogP contribution in [0.2, 0.25) is 0 Å². The Hall–Kier alpha value is -2.34. The van der Waals surface area contributed by atoms with E-state index in [1.165, 1.54) is 22.6 Å². The maximum Gasteiger partial charge on any atom is 0.271 e. The van der Waals surface area contributed by atoms with Crippen molar-refractivity contribution in [2.75, 3.05) is 11.1 Å². The Morgan fingerprint density at radius 2 is 1.96 bits per heavy atom. The van der Waals surface area contributed by atoms with Crippen molar-refractivity contribution in [3.05, 3.63) is 64.2 Å². The summed E-state index contributed by atoms with van der Waals surface area (Å²) in [7, 11) is 0. The Balaban J connectivity index is 1.74. The molecule has 0 spiro atoms. The van der Waals surface area contributed by atoms with Gasteiger partial charge in [-0.15, -0.1) is 11.8 Å². The molecule has 0 unspecified atom stereocenters. The van der Waals surface area contributed by atoms with Crippen LogP contribution in [-0.2, 0) is 4.79 Å². The third kappa shape index (κ3) is 5.75. The maximum absolute atomic E-state index is 11.9. The molecule has 1 N–H and O–H groups in total. The summed E-state index contributed by atoms with van der Waals surface area (Å²) >= 11 is 1.71. The summed E-state index contributed by atoms with van der Waals surface area (Å²) in [4.78, 5) is 23.3. The van der Waals surface area contributed by atoms with Crippen LogP contribution >= 0.6 is 11.8 Å². The number of hydrogen-bond acceptors (Lipinski definition) is 4. The largest absolute Gasteiger partial charge is 0.326 e. The maximum atomic E-state index is 11.9. The van der Waals surface area contributed by atoms with E-state index in [9.17, 15) is 14.9 Å². The molecule has 23 heavy (non-hydrogen) atoms. The van der Waals surface area contributed by atoms with E-state index in [1.807, 2.05) is 6.92 Å². The number of non-ortho nitro benzene ring substituents is 1. The number of rotatable bonds is 7. The van der Waals surface area contributed by atoms with Crippen molar-refractivity contribution in [1.29, 1.82) is 0 Å². The summed E-state index contributed by atoms with van der Waals surface area (Å²) in [5, 5.41) is 13.4. The molecule has 6 heteroatoms. The molecule has 2 aromatic rings. The smallest absolute Gasteiger partial charge is 0.271 e. The summed E-state index contributed by atoms with van der Waals surface area (Å²) in [5.74, 6) is 0.723. The van der Waals surface area contributed by atoms with Crippen molar-refractivity contribution < 1.29 is 9.72 Å². The third-order valence-corrected chi connectivity index (χ3v) is 4.28. The van der Waals surface area contributed by atoms with Gasteiger partial charge in [-0.05, 0) is 37.3 Å². The fourth-order valence-electron chi connectivity index (χ4n) is 1.98. The van der Waals surface area contributed by atoms with E-state index >= 15 is 0 Å². The number of nitrogens with zero attached hydrogens (tertiary/aromatic N) is 1. The van der Waals surface area contributed by atoms with Gasteiger partial charge < -0.3 is 5.32 Å². The molecule has 2 rings (SSSR count). The Morgan fingerprint density at radius 3 is 2.65 bits per heavy atom. The molecule has 0 aliphatic carbocycles. The predicted octanol–water partition coefficient (Wildman–Crippen LogP) is 4.41. The van der Waals surface area contributed by atoms with Crippen LogP contribution in [-0.4, -0.2) is 16.6 Å². The number of nitrogens with one attached hydrogen (secondary N) is 1. The molecular weight excluding hydrogens is 312 g/mol. The first-order chi connectivity index (χ1) is 11.0. The highest BCUT2D eigenvalue weighted by Gasteiger charge is 2.08. The number of hydrogen-bond donors (Lipinski definition) is 1. The van der Waals surface area contributed by atoms with Crippen LogP contribution in [0, 0.1) is 17.0 Å². The molecule has 2 aromatic carbocycles. The summed E-state index contributed by atoms with van der Waals surface area (Å²) < 4.78 is 0. The lowest BCUT2D eigenvalue weighted by atomic mass is 10.2. The van der Waals surface area contributed by atoms with E-state index in [0.717, 1.165) is 12.2 Å². The molecule has 0 aliphatic heterocycles. The van der Waals surface area contributed by atoms with Crippen LogP contribution in [0.1, 0.15) is 18.4 Å². The van der Waals surface area contributed by atoms with E-state index in [-0.39, 0.29) is 11.6 Å². The summed E-state index contributed by atoms with van der Waals surface area (Å²) in [6.07, 6.45) is 1.14. The molecule has 0 saturated heterocycles. The molecule has 1 amide bonds. The monoisotopic (exact) mass is 330 g/mol. The predicted molar refractivity (Wildman–Crippen MR) is 92.9 cm³/mol. The number of aryl methyl sites for hydroxylation is 1. The fraction of sp³-hybridized carbons (Fsp3) is 0.235. The molecule has 0 bridgehead atoms. The van der Waals surface area contributed by atoms with Crippen molar-refractivity contribution in [3.8, 4) is 0 Å². The molecule has 0 aromatic heterocycles. The lowest BCUT2D eigenvalue weighted by Crippen LogP contribution is -2.11. The topological polar surface area (TPSA) is 72.2 Å². The number of nitro groups is 1. The number of anilines is 1. The van der Waals surface area contributed by atoms with Crippen LogP contribution in [0.3, 0.4) is 0 Å². The highest BCUT2D eigenvalue weighted by Crippen LogP contribution is 2.20. The van der Waals surface area contributed by atoms with Crippen LogP contribution in [0.4, 0.5) is 11.4 Å². The van der Waals surface area contributed by atoms with Crippen molar-refractivity contribution >= 4 is 29.0 Å². The van der Waals surface area contributed by atoms with Gasteiger partial charge in [0.15, 0.2) is 0 Å². The van der Waals surface area contributed by atoms with Gasteiger partial charge in [-0.25, -0.2) is 0 Å². The number of benzene rings is 2. The average Bonchev–Trinajstić information content (AvgIpc) is 2.53. The zero-order valence-electron chi connectivity index (χ0n) is 12.8. The molecule has 0 atom stereocenters. The van der Waals surface area contributed by atoms with E-state index in [0.29, 0.717) is 12.1 Å². The Labute approximate surface area is 139 Å². The number of nitro benzene ring substituents is 1. The van der Waals surface area contributed by atoms with Gasteiger partial charge in [0.05, 0.1) is 4.92 Å². The minimum absolute atomic E-state index is 0.0299. The van der Waals surface area contributed by atoms with E-state index in [4.69, 9.17) is 0 Å². The molecule has 0 heterocycles. The Morgan fingerprint density at radius 1 is 1.22 bits per heavy atom. The van der Waals surface area contributed by atoms with Crippen molar-refractivity contribution in [1.82, 2.24) is 0 Å². The number of amides is 1. The SMILES string of the molecule is Cc1ccc(SCCCC(=O)Nc2cccc([N+](=O)[O-])c2)cc1. The second-order valence-corrected chi connectivity index (χ2v) is 6.29. The normalized spacial score (nSPS) is 10.3. The first-order valence-corrected chi connectivity index (χ1v) is 8.27. The second-order valence-electron chi connectivity index (χ2n) is 5.12. The molecule has 0 radical (unpaired) electrons. The van der Waals surface area contributed by atoms with Crippen molar-refractivity contribution in [2.45, 2.75) is 24.7 Å². The van der Waals surface area contributed by atoms with Crippen LogP contribution in [0.15, 0.2) is 53.4 Å². The average molecular weight is 330 g/mol. The van der Waals surface area contributed by atoms with E-state index in [1.54, 1.807) is 23.9 Å². The summed E-state index contributed by atoms with van der Waals surface area (Å²) in [6.45, 7) is 2.05. The van der Waals surface area contributed by atoms with Gasteiger partial charge in [0, 0.05) is 29.1 Å². The Bertz CT molecular complexity index is 686. The number of carbonyl (C=O) groups is 1. The molecule has 0 fully saturated rings. The van der Waals surface area contributed by atoms with Gasteiger partial charge in [0.25, 0.3) is 5.69 Å². The lowest BCUT2D eigenvalue weighted by Gasteiger charge is -2.05. The van der Waals surface area contributed by atoms with E-state index in [2.05, 4.69) is 29.6 Å². The quantitative estimate of drug-likeness (QED) is 0.353. The summed E-state index contributed by atoms with van der Waals surface area (Å²) in [6, 6.07) is 14.2. The highest BCUT2D eigenvalue weighted by molar-refractivity contribution is 7.99. The first-order valence-electron chi connectivity index (χ1n) is 7.28. The molecule has 5 nitrogen and oxygen atoms in total. The highest BCUT2D eigenvalue weighted by atomic mass is 32.2. The molecular formula is C17H18N2O3S. The molecule has 120 valence electrons.